The molecule has 2 N–H and O–H groups in total. The third-order valence-corrected chi connectivity index (χ3v) is 2.68. The van der Waals surface area contributed by atoms with Gasteiger partial charge in [0.2, 0.25) is 6.79 Å². The highest BCUT2D eigenvalue weighted by molar-refractivity contribution is 7.80. The summed E-state index contributed by atoms with van der Waals surface area (Å²) in [6.07, 6.45) is 1.68. The fraction of sp³-hybridized carbons (Fsp3) is 0.0909. The lowest BCUT2D eigenvalue weighted by atomic mass is 10.1. The van der Waals surface area contributed by atoms with Crippen molar-refractivity contribution < 1.29 is 9.47 Å². The van der Waals surface area contributed by atoms with Crippen LogP contribution in [0.25, 0.3) is 10.8 Å². The van der Waals surface area contributed by atoms with Crippen LogP contribution < -0.4 is 15.2 Å². The molecule has 2 heterocycles. The second kappa shape index (κ2) is 3.31. The molecule has 1 aromatic heterocycles. The first kappa shape index (κ1) is 9.35. The van der Waals surface area contributed by atoms with Crippen LogP contribution in [0.5, 0.6) is 11.5 Å². The van der Waals surface area contributed by atoms with E-state index < -0.39 is 0 Å². The summed E-state index contributed by atoms with van der Waals surface area (Å²) in [5.74, 6) is 1.45. The molecule has 0 amide bonds. The second-order valence-corrected chi connectivity index (χ2v) is 3.89. The molecule has 0 spiro atoms. The lowest BCUT2D eigenvalue weighted by Gasteiger charge is -2.05. The first-order valence-corrected chi connectivity index (χ1v) is 5.15. The molecule has 0 saturated carbocycles. The number of nitrogens with zero attached hydrogens (tertiary/aromatic N) is 1. The maximum absolute atomic E-state index is 5.62. The Morgan fingerprint density at radius 3 is 2.81 bits per heavy atom. The average Bonchev–Trinajstić information content (AvgIpc) is 2.71. The number of thiocarbonyl (C=S) groups is 1. The van der Waals surface area contributed by atoms with Gasteiger partial charge in [0.1, 0.15) is 10.7 Å². The number of fused-ring (bicyclic) bond motifs is 2. The smallest absolute Gasteiger partial charge is 0.231 e. The Morgan fingerprint density at radius 2 is 2.06 bits per heavy atom. The van der Waals surface area contributed by atoms with Gasteiger partial charge in [-0.2, -0.15) is 0 Å². The summed E-state index contributed by atoms with van der Waals surface area (Å²) in [6, 6.07) is 5.65. The van der Waals surface area contributed by atoms with E-state index in [9.17, 15) is 0 Å². The molecule has 0 bridgehead atoms. The van der Waals surface area contributed by atoms with Crippen LogP contribution in [0.2, 0.25) is 0 Å². The minimum atomic E-state index is 0.251. The molecule has 1 aromatic carbocycles. The van der Waals surface area contributed by atoms with Crippen molar-refractivity contribution in [2.45, 2.75) is 0 Å². The van der Waals surface area contributed by atoms with Gasteiger partial charge in [-0.15, -0.1) is 0 Å². The first-order valence-electron chi connectivity index (χ1n) is 4.74. The van der Waals surface area contributed by atoms with Crippen molar-refractivity contribution in [2.75, 3.05) is 6.79 Å². The fourth-order valence-electron chi connectivity index (χ4n) is 1.76. The number of hydrogen-bond acceptors (Lipinski definition) is 4. The Bertz CT molecular complexity index is 598. The van der Waals surface area contributed by atoms with Gasteiger partial charge in [0.05, 0.1) is 0 Å². The van der Waals surface area contributed by atoms with Crippen LogP contribution in [0.4, 0.5) is 0 Å². The van der Waals surface area contributed by atoms with Gasteiger partial charge in [-0.25, -0.2) is 0 Å². The third-order valence-electron chi connectivity index (χ3n) is 2.49. The molecular formula is C11H8N2O2S. The van der Waals surface area contributed by atoms with Gasteiger partial charge in [0, 0.05) is 11.6 Å². The van der Waals surface area contributed by atoms with E-state index in [1.807, 2.05) is 18.2 Å². The summed E-state index contributed by atoms with van der Waals surface area (Å²) in [5, 5.41) is 1.88. The van der Waals surface area contributed by atoms with E-state index in [1.54, 1.807) is 6.20 Å². The summed E-state index contributed by atoms with van der Waals surface area (Å²) in [4.78, 5) is 4.45. The molecule has 80 valence electrons. The van der Waals surface area contributed by atoms with Crippen molar-refractivity contribution in [3.05, 3.63) is 30.1 Å². The standard InChI is InChI=1S/C11H8N2O2S/c12-11(16)10-7-4-9-8(14-5-15-9)3-6(7)1-2-13-10/h1-4H,5H2,(H2,12,16). The van der Waals surface area contributed by atoms with E-state index in [0.717, 1.165) is 16.5 Å². The number of aromatic nitrogens is 1. The predicted octanol–water partition coefficient (Wildman–Crippen LogP) is 1.60. The summed E-state index contributed by atoms with van der Waals surface area (Å²) in [5.41, 5.74) is 6.24. The van der Waals surface area contributed by atoms with E-state index in [2.05, 4.69) is 4.98 Å². The Hall–Kier alpha value is -1.88. The number of hydrogen-bond donors (Lipinski definition) is 1. The molecule has 16 heavy (non-hydrogen) atoms. The van der Waals surface area contributed by atoms with Crippen molar-refractivity contribution in [1.82, 2.24) is 4.98 Å². The molecule has 2 aromatic rings. The molecule has 3 rings (SSSR count). The van der Waals surface area contributed by atoms with Crippen LogP contribution >= 0.6 is 12.2 Å². The highest BCUT2D eigenvalue weighted by Crippen LogP contribution is 2.36. The van der Waals surface area contributed by atoms with Crippen LogP contribution in [0, 0.1) is 0 Å². The molecule has 0 unspecified atom stereocenters. The lowest BCUT2D eigenvalue weighted by molar-refractivity contribution is 0.174. The van der Waals surface area contributed by atoms with Crippen LogP contribution in [0.1, 0.15) is 5.69 Å². The maximum atomic E-state index is 5.62. The highest BCUT2D eigenvalue weighted by Gasteiger charge is 2.16. The quantitative estimate of drug-likeness (QED) is 0.757. The van der Waals surface area contributed by atoms with E-state index >= 15 is 0 Å². The summed E-state index contributed by atoms with van der Waals surface area (Å²) < 4.78 is 10.6. The molecule has 0 aliphatic carbocycles. The molecule has 0 saturated heterocycles. The molecule has 1 aliphatic rings. The zero-order valence-electron chi connectivity index (χ0n) is 8.27. The largest absolute Gasteiger partial charge is 0.454 e. The van der Waals surface area contributed by atoms with E-state index in [-0.39, 0.29) is 11.8 Å². The van der Waals surface area contributed by atoms with Gasteiger partial charge in [-0.05, 0) is 23.6 Å². The van der Waals surface area contributed by atoms with Gasteiger partial charge in [-0.3, -0.25) is 4.98 Å². The highest BCUT2D eigenvalue weighted by atomic mass is 32.1. The number of pyridine rings is 1. The maximum Gasteiger partial charge on any atom is 0.231 e. The number of ether oxygens (including phenoxy) is 2. The zero-order valence-corrected chi connectivity index (χ0v) is 9.08. The third kappa shape index (κ3) is 1.29. The van der Waals surface area contributed by atoms with Crippen LogP contribution in [0.3, 0.4) is 0 Å². The van der Waals surface area contributed by atoms with Gasteiger partial charge >= 0.3 is 0 Å². The summed E-state index contributed by atoms with van der Waals surface area (Å²) in [7, 11) is 0. The van der Waals surface area contributed by atoms with Gasteiger partial charge in [0.15, 0.2) is 11.5 Å². The van der Waals surface area contributed by atoms with Crippen molar-refractivity contribution in [1.29, 1.82) is 0 Å². The minimum Gasteiger partial charge on any atom is -0.454 e. The van der Waals surface area contributed by atoms with Crippen LogP contribution in [0.15, 0.2) is 24.4 Å². The SMILES string of the molecule is NC(=S)c1nccc2cc3c(cc12)OCO3. The molecule has 1 aliphatic heterocycles. The Labute approximate surface area is 97.0 Å². The molecule has 0 atom stereocenters. The topological polar surface area (TPSA) is 57.4 Å². The molecular weight excluding hydrogens is 224 g/mol. The summed E-state index contributed by atoms with van der Waals surface area (Å²) >= 11 is 4.96. The molecule has 0 fully saturated rings. The normalized spacial score (nSPS) is 13.0. The second-order valence-electron chi connectivity index (χ2n) is 3.45. The van der Waals surface area contributed by atoms with Crippen LogP contribution in [-0.2, 0) is 0 Å². The van der Waals surface area contributed by atoms with Gasteiger partial charge in [-0.1, -0.05) is 12.2 Å². The van der Waals surface area contributed by atoms with Gasteiger partial charge in [0.25, 0.3) is 0 Å². The van der Waals surface area contributed by atoms with Crippen LogP contribution in [-0.4, -0.2) is 16.8 Å². The molecule has 5 heteroatoms. The van der Waals surface area contributed by atoms with E-state index in [0.29, 0.717) is 11.4 Å². The summed E-state index contributed by atoms with van der Waals surface area (Å²) in [6.45, 7) is 0.251. The average molecular weight is 232 g/mol. The number of nitrogens with two attached hydrogens (primary N) is 1. The Balaban J connectivity index is 2.35. The van der Waals surface area contributed by atoms with Crippen molar-refractivity contribution in [2.24, 2.45) is 5.73 Å². The van der Waals surface area contributed by atoms with Gasteiger partial charge < -0.3 is 15.2 Å². The van der Waals surface area contributed by atoms with Crippen molar-refractivity contribution in [3.8, 4) is 11.5 Å². The Morgan fingerprint density at radius 1 is 1.31 bits per heavy atom. The Kier molecular flexibility index (Phi) is 1.94. The first-order chi connectivity index (χ1) is 7.75. The van der Waals surface area contributed by atoms with E-state index in [4.69, 9.17) is 27.4 Å². The van der Waals surface area contributed by atoms with E-state index in [1.165, 1.54) is 0 Å². The monoisotopic (exact) mass is 232 g/mol. The zero-order chi connectivity index (χ0) is 11.1. The minimum absolute atomic E-state index is 0.251. The number of rotatable bonds is 1. The lowest BCUT2D eigenvalue weighted by Crippen LogP contribution is -2.11. The predicted molar refractivity (Wildman–Crippen MR) is 63.8 cm³/mol. The molecule has 0 radical (unpaired) electrons. The fourth-order valence-corrected chi connectivity index (χ4v) is 1.92. The van der Waals surface area contributed by atoms with Crippen molar-refractivity contribution in [3.63, 3.8) is 0 Å². The number of benzene rings is 1. The molecule has 4 nitrogen and oxygen atoms in total. The van der Waals surface area contributed by atoms with Crippen molar-refractivity contribution >= 4 is 28.0 Å².